The number of halogens is 2. The quantitative estimate of drug-likeness (QED) is 0.648. The number of nitrogens with zero attached hydrogens (tertiary/aromatic N) is 2. The van der Waals surface area contributed by atoms with E-state index in [0.29, 0.717) is 19.4 Å². The lowest BCUT2D eigenvalue weighted by atomic mass is 9.98. The highest BCUT2D eigenvalue weighted by Gasteiger charge is 2.38. The van der Waals surface area contributed by atoms with Gasteiger partial charge in [-0.05, 0) is 61.2 Å². The van der Waals surface area contributed by atoms with Crippen LogP contribution in [0.3, 0.4) is 0 Å². The standard InChI is InChI=1S/C21H22BrFN2O4S/c1-29-19-7-5-17(23)12-20(19)30(27,28)24-9-2-3-15(13-24)21(26)25-10-8-14-11-16(22)4-6-18(14)25/h4-7,11-12,15H,2-3,8-10,13H2,1H3/t15-/m0/s1. The molecule has 0 bridgehead atoms. The van der Waals surface area contributed by atoms with Crippen LogP contribution < -0.4 is 9.64 Å². The molecule has 1 amide bonds. The average Bonchev–Trinajstić information content (AvgIpc) is 3.16. The van der Waals surface area contributed by atoms with Crippen molar-refractivity contribution in [2.75, 3.05) is 31.6 Å². The molecular weight excluding hydrogens is 475 g/mol. The van der Waals surface area contributed by atoms with Gasteiger partial charge in [-0.25, -0.2) is 12.8 Å². The normalized spacial score (nSPS) is 19.6. The van der Waals surface area contributed by atoms with Gasteiger partial charge in [0, 0.05) is 29.8 Å². The molecule has 4 rings (SSSR count). The first-order valence-corrected chi connectivity index (χ1v) is 12.0. The van der Waals surface area contributed by atoms with E-state index in [1.807, 2.05) is 18.2 Å². The number of hydrogen-bond acceptors (Lipinski definition) is 4. The average molecular weight is 497 g/mol. The van der Waals surface area contributed by atoms with Crippen LogP contribution in [-0.4, -0.2) is 45.4 Å². The van der Waals surface area contributed by atoms with Crippen molar-refractivity contribution in [1.82, 2.24) is 4.31 Å². The maximum atomic E-state index is 13.8. The summed E-state index contributed by atoms with van der Waals surface area (Å²) in [5, 5.41) is 0. The van der Waals surface area contributed by atoms with Gasteiger partial charge in [-0.15, -0.1) is 0 Å². The first-order chi connectivity index (χ1) is 14.3. The number of hydrogen-bond donors (Lipinski definition) is 0. The van der Waals surface area contributed by atoms with Crippen molar-refractivity contribution in [3.05, 3.63) is 52.3 Å². The highest BCUT2D eigenvalue weighted by atomic mass is 79.9. The summed E-state index contributed by atoms with van der Waals surface area (Å²) in [6.07, 6.45) is 1.96. The number of carbonyl (C=O) groups excluding carboxylic acids is 1. The number of amides is 1. The Kier molecular flexibility index (Phi) is 5.87. The minimum absolute atomic E-state index is 0.0674. The fraction of sp³-hybridized carbons (Fsp3) is 0.381. The summed E-state index contributed by atoms with van der Waals surface area (Å²) >= 11 is 3.45. The van der Waals surface area contributed by atoms with Gasteiger partial charge in [0.1, 0.15) is 16.5 Å². The number of methoxy groups -OCH3 is 1. The highest BCUT2D eigenvalue weighted by molar-refractivity contribution is 9.10. The van der Waals surface area contributed by atoms with Crippen LogP contribution in [-0.2, 0) is 21.2 Å². The molecule has 2 heterocycles. The molecule has 1 fully saturated rings. The minimum Gasteiger partial charge on any atom is -0.495 e. The zero-order chi connectivity index (χ0) is 21.5. The minimum atomic E-state index is -3.99. The van der Waals surface area contributed by atoms with Gasteiger partial charge < -0.3 is 9.64 Å². The van der Waals surface area contributed by atoms with Crippen LogP contribution in [0.25, 0.3) is 0 Å². The van der Waals surface area contributed by atoms with Crippen LogP contribution in [0.15, 0.2) is 45.8 Å². The molecule has 0 aliphatic carbocycles. The van der Waals surface area contributed by atoms with Crippen molar-refractivity contribution in [1.29, 1.82) is 0 Å². The van der Waals surface area contributed by atoms with Crippen LogP contribution in [0.4, 0.5) is 10.1 Å². The van der Waals surface area contributed by atoms with Crippen LogP contribution in [0.1, 0.15) is 18.4 Å². The van der Waals surface area contributed by atoms with E-state index in [1.165, 1.54) is 17.5 Å². The summed E-state index contributed by atoms with van der Waals surface area (Å²) in [4.78, 5) is 14.8. The number of rotatable bonds is 4. The molecule has 0 aromatic heterocycles. The molecular formula is C21H22BrFN2O4S. The van der Waals surface area contributed by atoms with E-state index in [2.05, 4.69) is 15.9 Å². The molecule has 0 saturated carbocycles. The Balaban J connectivity index is 1.57. The molecule has 2 aromatic carbocycles. The van der Waals surface area contributed by atoms with Crippen molar-refractivity contribution in [2.45, 2.75) is 24.2 Å². The molecule has 2 aromatic rings. The molecule has 0 unspecified atom stereocenters. The van der Waals surface area contributed by atoms with E-state index < -0.39 is 21.8 Å². The van der Waals surface area contributed by atoms with Crippen LogP contribution in [0.2, 0.25) is 0 Å². The van der Waals surface area contributed by atoms with Gasteiger partial charge in [0.15, 0.2) is 0 Å². The highest BCUT2D eigenvalue weighted by Crippen LogP contribution is 2.34. The molecule has 30 heavy (non-hydrogen) atoms. The third-order valence-electron chi connectivity index (χ3n) is 5.68. The number of piperidine rings is 1. The number of carbonyl (C=O) groups is 1. The van der Waals surface area contributed by atoms with E-state index in [-0.39, 0.29) is 29.6 Å². The number of benzene rings is 2. The van der Waals surface area contributed by atoms with E-state index in [0.717, 1.165) is 34.3 Å². The van der Waals surface area contributed by atoms with Crippen molar-refractivity contribution >= 4 is 37.5 Å². The number of anilines is 1. The van der Waals surface area contributed by atoms with Crippen LogP contribution in [0.5, 0.6) is 5.75 Å². The van der Waals surface area contributed by atoms with Crippen molar-refractivity contribution < 1.29 is 22.3 Å². The molecule has 9 heteroatoms. The lowest BCUT2D eigenvalue weighted by molar-refractivity contribution is -0.123. The van der Waals surface area contributed by atoms with Crippen molar-refractivity contribution in [2.24, 2.45) is 5.92 Å². The Morgan fingerprint density at radius 1 is 1.20 bits per heavy atom. The largest absolute Gasteiger partial charge is 0.495 e. The summed E-state index contributed by atoms with van der Waals surface area (Å²) in [6, 6.07) is 9.25. The molecule has 1 saturated heterocycles. The number of ether oxygens (including phenoxy) is 1. The Morgan fingerprint density at radius 3 is 2.77 bits per heavy atom. The fourth-order valence-electron chi connectivity index (χ4n) is 4.17. The van der Waals surface area contributed by atoms with Gasteiger partial charge in [-0.2, -0.15) is 4.31 Å². The molecule has 0 radical (unpaired) electrons. The zero-order valence-corrected chi connectivity index (χ0v) is 18.9. The van der Waals surface area contributed by atoms with E-state index in [4.69, 9.17) is 4.74 Å². The summed E-state index contributed by atoms with van der Waals surface area (Å²) in [6.45, 7) is 0.949. The Hall–Kier alpha value is -1.97. The first-order valence-electron chi connectivity index (χ1n) is 9.75. The fourth-order valence-corrected chi connectivity index (χ4v) is 6.27. The van der Waals surface area contributed by atoms with E-state index >= 15 is 0 Å². The third kappa shape index (κ3) is 3.86. The molecule has 1 atom stereocenters. The second kappa shape index (κ2) is 8.28. The first kappa shape index (κ1) is 21.3. The smallest absolute Gasteiger partial charge is 0.246 e. The molecule has 2 aliphatic heterocycles. The second-order valence-corrected chi connectivity index (χ2v) is 10.3. The van der Waals surface area contributed by atoms with Crippen molar-refractivity contribution in [3.63, 3.8) is 0 Å². The Labute approximate surface area is 183 Å². The van der Waals surface area contributed by atoms with Gasteiger partial charge >= 0.3 is 0 Å². The van der Waals surface area contributed by atoms with E-state index in [9.17, 15) is 17.6 Å². The lowest BCUT2D eigenvalue weighted by Gasteiger charge is -2.33. The monoisotopic (exact) mass is 496 g/mol. The van der Waals surface area contributed by atoms with Crippen LogP contribution >= 0.6 is 15.9 Å². The molecule has 160 valence electrons. The Morgan fingerprint density at radius 2 is 2.00 bits per heavy atom. The zero-order valence-electron chi connectivity index (χ0n) is 16.5. The summed E-state index contributed by atoms with van der Waals surface area (Å²) in [5.41, 5.74) is 1.98. The number of sulfonamides is 1. The summed E-state index contributed by atoms with van der Waals surface area (Å²) in [5.74, 6) is -1.08. The molecule has 6 nitrogen and oxygen atoms in total. The van der Waals surface area contributed by atoms with Gasteiger partial charge in [0.05, 0.1) is 13.0 Å². The molecule has 0 spiro atoms. The topological polar surface area (TPSA) is 66.9 Å². The van der Waals surface area contributed by atoms with Gasteiger partial charge in [-0.3, -0.25) is 4.79 Å². The third-order valence-corrected chi connectivity index (χ3v) is 8.06. The van der Waals surface area contributed by atoms with E-state index in [1.54, 1.807) is 4.90 Å². The predicted octanol–water partition coefficient (Wildman–Crippen LogP) is 3.59. The molecule has 0 N–H and O–H groups in total. The second-order valence-electron chi connectivity index (χ2n) is 7.51. The SMILES string of the molecule is COc1ccc(F)cc1S(=O)(=O)N1CCC[C@H](C(=O)N2CCc3cc(Br)ccc32)C1. The maximum absolute atomic E-state index is 13.8. The van der Waals surface area contributed by atoms with Gasteiger partial charge in [-0.1, -0.05) is 15.9 Å². The summed E-state index contributed by atoms with van der Waals surface area (Å²) < 4.78 is 47.5. The van der Waals surface area contributed by atoms with Gasteiger partial charge in [0.2, 0.25) is 15.9 Å². The van der Waals surface area contributed by atoms with Gasteiger partial charge in [0.25, 0.3) is 0 Å². The van der Waals surface area contributed by atoms with Crippen molar-refractivity contribution in [3.8, 4) is 5.75 Å². The maximum Gasteiger partial charge on any atom is 0.246 e. The molecule has 2 aliphatic rings. The van der Waals surface area contributed by atoms with Crippen LogP contribution in [0, 0.1) is 11.7 Å². The number of fused-ring (bicyclic) bond motifs is 1. The lowest BCUT2D eigenvalue weighted by Crippen LogP contribution is -2.46. The summed E-state index contributed by atoms with van der Waals surface area (Å²) in [7, 11) is -2.65. The Bertz CT molecular complexity index is 1090. The predicted molar refractivity (Wildman–Crippen MR) is 115 cm³/mol.